The van der Waals surface area contributed by atoms with Crippen LogP contribution in [0.2, 0.25) is 0 Å². The van der Waals surface area contributed by atoms with Crippen molar-refractivity contribution >= 4 is 11.6 Å². The van der Waals surface area contributed by atoms with Crippen molar-refractivity contribution in [2.45, 2.75) is 39.2 Å². The molecule has 104 valence electrons. The molecule has 1 aromatic rings. The molecule has 1 heterocycles. The van der Waals surface area contributed by atoms with E-state index >= 15 is 0 Å². The maximum atomic E-state index is 11.8. The van der Waals surface area contributed by atoms with Crippen molar-refractivity contribution in [1.82, 2.24) is 0 Å². The monoisotopic (exact) mass is 262 g/mol. The largest absolute Gasteiger partial charge is 0.486 e. The minimum absolute atomic E-state index is 0.0685. The highest BCUT2D eigenvalue weighted by molar-refractivity contribution is 5.93. The Kier molecular flexibility index (Phi) is 4.43. The zero-order chi connectivity index (χ0) is 13.8. The van der Waals surface area contributed by atoms with Gasteiger partial charge < -0.3 is 15.4 Å². The SMILES string of the molecule is CCC1CN(C(C)=O)c2cc(CCCN)ccc2O1. The molecule has 2 rings (SSSR count). The predicted molar refractivity (Wildman–Crippen MR) is 76.6 cm³/mol. The van der Waals surface area contributed by atoms with E-state index in [-0.39, 0.29) is 12.0 Å². The number of carbonyl (C=O) groups is 1. The van der Waals surface area contributed by atoms with E-state index in [0.29, 0.717) is 13.1 Å². The van der Waals surface area contributed by atoms with Crippen molar-refractivity contribution in [3.8, 4) is 5.75 Å². The van der Waals surface area contributed by atoms with Gasteiger partial charge in [0.25, 0.3) is 0 Å². The number of amides is 1. The van der Waals surface area contributed by atoms with Crippen LogP contribution in [0.25, 0.3) is 0 Å². The summed E-state index contributed by atoms with van der Waals surface area (Å²) in [7, 11) is 0. The van der Waals surface area contributed by atoms with Crippen molar-refractivity contribution in [1.29, 1.82) is 0 Å². The minimum Gasteiger partial charge on any atom is -0.486 e. The molecular weight excluding hydrogens is 240 g/mol. The van der Waals surface area contributed by atoms with Crippen molar-refractivity contribution in [3.05, 3.63) is 23.8 Å². The van der Waals surface area contributed by atoms with Gasteiger partial charge in [-0.3, -0.25) is 4.79 Å². The standard InChI is InChI=1S/C15H22N2O2/c1-3-13-10-17(11(2)18)14-9-12(5-4-8-16)6-7-15(14)19-13/h6-7,9,13H,3-5,8,10,16H2,1-2H3. The van der Waals surface area contributed by atoms with Gasteiger partial charge >= 0.3 is 0 Å². The Bertz CT molecular complexity index is 459. The summed E-state index contributed by atoms with van der Waals surface area (Å²) in [6.45, 7) is 5.00. The third kappa shape index (κ3) is 3.07. The van der Waals surface area contributed by atoms with Gasteiger partial charge in [-0.2, -0.15) is 0 Å². The lowest BCUT2D eigenvalue weighted by molar-refractivity contribution is -0.117. The summed E-state index contributed by atoms with van der Waals surface area (Å²) < 4.78 is 5.90. The maximum absolute atomic E-state index is 11.8. The van der Waals surface area contributed by atoms with Crippen LogP contribution >= 0.6 is 0 Å². The van der Waals surface area contributed by atoms with Crippen LogP contribution in [0.3, 0.4) is 0 Å². The molecule has 1 aliphatic rings. The molecule has 19 heavy (non-hydrogen) atoms. The van der Waals surface area contributed by atoms with Gasteiger partial charge in [0.2, 0.25) is 5.91 Å². The third-order valence-corrected chi connectivity index (χ3v) is 3.50. The Hall–Kier alpha value is -1.55. The van der Waals surface area contributed by atoms with Crippen molar-refractivity contribution in [2.24, 2.45) is 5.73 Å². The quantitative estimate of drug-likeness (QED) is 0.904. The molecule has 1 aromatic carbocycles. The fraction of sp³-hybridized carbons (Fsp3) is 0.533. The van der Waals surface area contributed by atoms with Crippen LogP contribution in [0, 0.1) is 0 Å². The van der Waals surface area contributed by atoms with Gasteiger partial charge in [0.05, 0.1) is 12.2 Å². The normalized spacial score (nSPS) is 17.8. The highest BCUT2D eigenvalue weighted by Crippen LogP contribution is 2.35. The molecule has 1 atom stereocenters. The van der Waals surface area contributed by atoms with E-state index in [0.717, 1.165) is 30.7 Å². The molecule has 0 aromatic heterocycles. The number of carbonyl (C=O) groups excluding carboxylic acids is 1. The van der Waals surface area contributed by atoms with Crippen molar-refractivity contribution in [3.63, 3.8) is 0 Å². The number of hydrogen-bond donors (Lipinski definition) is 1. The van der Waals surface area contributed by atoms with Crippen LogP contribution < -0.4 is 15.4 Å². The van der Waals surface area contributed by atoms with Gasteiger partial charge in [-0.25, -0.2) is 0 Å². The number of fused-ring (bicyclic) bond motifs is 1. The number of nitrogens with two attached hydrogens (primary N) is 1. The number of anilines is 1. The molecule has 0 fully saturated rings. The predicted octanol–water partition coefficient (Wildman–Crippen LogP) is 2.10. The fourth-order valence-corrected chi connectivity index (χ4v) is 2.36. The third-order valence-electron chi connectivity index (χ3n) is 3.50. The van der Waals surface area contributed by atoms with E-state index in [9.17, 15) is 4.79 Å². The smallest absolute Gasteiger partial charge is 0.224 e. The zero-order valence-corrected chi connectivity index (χ0v) is 11.7. The zero-order valence-electron chi connectivity index (χ0n) is 11.7. The first-order valence-electron chi connectivity index (χ1n) is 6.93. The van der Waals surface area contributed by atoms with Crippen LogP contribution in [-0.4, -0.2) is 25.1 Å². The second-order valence-corrected chi connectivity index (χ2v) is 4.97. The number of ether oxygens (including phenoxy) is 1. The summed E-state index contributed by atoms with van der Waals surface area (Å²) in [5, 5.41) is 0. The topological polar surface area (TPSA) is 55.6 Å². The van der Waals surface area contributed by atoms with E-state index in [1.807, 2.05) is 11.0 Å². The average molecular weight is 262 g/mol. The summed E-state index contributed by atoms with van der Waals surface area (Å²) in [5.74, 6) is 0.878. The fourth-order valence-electron chi connectivity index (χ4n) is 2.36. The van der Waals surface area contributed by atoms with Gasteiger partial charge in [-0.05, 0) is 43.5 Å². The summed E-state index contributed by atoms with van der Waals surface area (Å²) in [6, 6.07) is 6.09. The second kappa shape index (κ2) is 6.06. The molecule has 0 bridgehead atoms. The molecule has 1 amide bonds. The van der Waals surface area contributed by atoms with Crippen LogP contribution in [0.5, 0.6) is 5.75 Å². The van der Waals surface area contributed by atoms with E-state index in [1.54, 1.807) is 6.92 Å². The summed E-state index contributed by atoms with van der Waals surface area (Å²) in [6.07, 6.45) is 2.88. The lowest BCUT2D eigenvalue weighted by Gasteiger charge is -2.34. The van der Waals surface area contributed by atoms with Gasteiger partial charge in [-0.1, -0.05) is 13.0 Å². The van der Waals surface area contributed by atoms with Gasteiger partial charge in [0, 0.05) is 6.92 Å². The molecule has 0 spiro atoms. The van der Waals surface area contributed by atoms with Gasteiger partial charge in [0.15, 0.2) is 0 Å². The first kappa shape index (κ1) is 13.9. The molecular formula is C15H22N2O2. The summed E-state index contributed by atoms with van der Waals surface area (Å²) >= 11 is 0. The minimum atomic E-state index is 0.0685. The molecule has 0 saturated carbocycles. The molecule has 2 N–H and O–H groups in total. The maximum Gasteiger partial charge on any atom is 0.224 e. The Labute approximate surface area is 114 Å². The second-order valence-electron chi connectivity index (χ2n) is 4.97. The van der Waals surface area contributed by atoms with Crippen LogP contribution in [0.1, 0.15) is 32.3 Å². The highest BCUT2D eigenvalue weighted by atomic mass is 16.5. The first-order chi connectivity index (χ1) is 9.15. The Morgan fingerprint density at radius 1 is 1.53 bits per heavy atom. The lowest BCUT2D eigenvalue weighted by Crippen LogP contribution is -2.42. The van der Waals surface area contributed by atoms with Crippen molar-refractivity contribution < 1.29 is 9.53 Å². The number of benzene rings is 1. The van der Waals surface area contributed by atoms with E-state index in [1.165, 1.54) is 5.56 Å². The van der Waals surface area contributed by atoms with E-state index in [4.69, 9.17) is 10.5 Å². The number of hydrogen-bond acceptors (Lipinski definition) is 3. The van der Waals surface area contributed by atoms with E-state index in [2.05, 4.69) is 19.1 Å². The number of rotatable bonds is 4. The molecule has 1 aliphatic heterocycles. The number of nitrogens with zero attached hydrogens (tertiary/aromatic N) is 1. The molecule has 4 heteroatoms. The van der Waals surface area contributed by atoms with Crippen molar-refractivity contribution in [2.75, 3.05) is 18.0 Å². The summed E-state index contributed by atoms with van der Waals surface area (Å²) in [5.41, 5.74) is 7.63. The Balaban J connectivity index is 2.29. The molecule has 4 nitrogen and oxygen atoms in total. The van der Waals surface area contributed by atoms with Crippen LogP contribution in [0.15, 0.2) is 18.2 Å². The van der Waals surface area contributed by atoms with Gasteiger partial charge in [0.1, 0.15) is 11.9 Å². The summed E-state index contributed by atoms with van der Waals surface area (Å²) in [4.78, 5) is 13.6. The molecule has 0 aliphatic carbocycles. The average Bonchev–Trinajstić information content (AvgIpc) is 2.43. The van der Waals surface area contributed by atoms with Gasteiger partial charge in [-0.15, -0.1) is 0 Å². The Morgan fingerprint density at radius 2 is 2.32 bits per heavy atom. The van der Waals surface area contributed by atoms with E-state index < -0.39 is 0 Å². The lowest BCUT2D eigenvalue weighted by atomic mass is 10.1. The van der Waals surface area contributed by atoms with Crippen LogP contribution in [0.4, 0.5) is 5.69 Å². The first-order valence-corrected chi connectivity index (χ1v) is 6.93. The molecule has 0 saturated heterocycles. The molecule has 0 radical (unpaired) electrons. The molecule has 1 unspecified atom stereocenters. The highest BCUT2D eigenvalue weighted by Gasteiger charge is 2.27. The number of aryl methyl sites for hydroxylation is 1. The Morgan fingerprint density at radius 3 is 2.95 bits per heavy atom. The van der Waals surface area contributed by atoms with Crippen LogP contribution in [-0.2, 0) is 11.2 Å².